The van der Waals surface area contributed by atoms with Gasteiger partial charge < -0.3 is 9.40 Å². The van der Waals surface area contributed by atoms with Crippen molar-refractivity contribution in [1.82, 2.24) is 4.57 Å². The number of hydrogen-bond donors (Lipinski definition) is 0. The van der Waals surface area contributed by atoms with Gasteiger partial charge in [0.05, 0.1) is 11.1 Å². The number of non-ortho nitro benzene ring substituents is 1. The minimum Gasteiger partial charge on any atom is -0.391 e. The van der Waals surface area contributed by atoms with E-state index < -0.39 is 4.92 Å². The molecule has 36 heavy (non-hydrogen) atoms. The summed E-state index contributed by atoms with van der Waals surface area (Å²) in [5.74, 6) is 2.85. The summed E-state index contributed by atoms with van der Waals surface area (Å²) in [6.07, 6.45) is 10.3. The molecule has 186 valence electrons. The van der Waals surface area contributed by atoms with Gasteiger partial charge in [-0.3, -0.25) is 10.1 Å². The molecule has 4 aliphatic rings. The second kappa shape index (κ2) is 8.91. The maximum atomic E-state index is 11.0. The van der Waals surface area contributed by atoms with Crippen LogP contribution in [-0.4, -0.2) is 15.7 Å². The van der Waals surface area contributed by atoms with E-state index in [1.165, 1.54) is 56.3 Å². The van der Waals surface area contributed by atoms with Crippen LogP contribution in [0.2, 0.25) is 0 Å². The maximum absolute atomic E-state index is 11.0. The van der Waals surface area contributed by atoms with Crippen LogP contribution < -0.4 is 0 Å². The third kappa shape index (κ3) is 4.12. The summed E-state index contributed by atoms with van der Waals surface area (Å²) in [4.78, 5) is 16.0. The molecule has 0 radical (unpaired) electrons. The van der Waals surface area contributed by atoms with E-state index in [0.717, 1.165) is 34.7 Å². The molecule has 4 saturated carbocycles. The molecule has 0 atom stereocenters. The first-order chi connectivity index (χ1) is 17.4. The maximum Gasteiger partial charge on any atom is 0.269 e. The number of hydrogen-bond acceptors (Lipinski definition) is 4. The highest BCUT2D eigenvalue weighted by Crippen LogP contribution is 2.60. The topological polar surface area (TPSA) is 69.7 Å². The lowest BCUT2D eigenvalue weighted by molar-refractivity contribution is -0.384. The van der Waals surface area contributed by atoms with Crippen molar-refractivity contribution in [3.63, 3.8) is 0 Å². The predicted molar refractivity (Wildman–Crippen MR) is 141 cm³/mol. The zero-order valence-electron chi connectivity index (χ0n) is 21.0. The van der Waals surface area contributed by atoms with Crippen LogP contribution in [0.3, 0.4) is 0 Å². The highest BCUT2D eigenvalue weighted by atomic mass is 16.6. The summed E-state index contributed by atoms with van der Waals surface area (Å²) in [5.41, 5.74) is 7.16. The molecule has 0 saturated heterocycles. The summed E-state index contributed by atoms with van der Waals surface area (Å²) in [6.45, 7) is 4.39. The van der Waals surface area contributed by atoms with Crippen LogP contribution in [0.4, 0.5) is 5.69 Å². The molecule has 0 aliphatic heterocycles. The smallest absolute Gasteiger partial charge is 0.269 e. The minimum atomic E-state index is -0.405. The lowest BCUT2D eigenvalue weighted by atomic mass is 9.48. The summed E-state index contributed by atoms with van der Waals surface area (Å²) >= 11 is 0. The third-order valence-electron chi connectivity index (χ3n) is 8.87. The molecule has 0 unspecified atom stereocenters. The van der Waals surface area contributed by atoms with Crippen molar-refractivity contribution in [2.45, 2.75) is 64.4 Å². The molecular weight excluding hydrogens is 450 g/mol. The van der Waals surface area contributed by atoms with Crippen LogP contribution in [0, 0.1) is 41.7 Å². The first kappa shape index (κ1) is 23.0. The van der Waals surface area contributed by atoms with Gasteiger partial charge in [0.1, 0.15) is 6.61 Å². The van der Waals surface area contributed by atoms with Gasteiger partial charge in [-0.2, -0.15) is 0 Å². The number of oxime groups is 1. The largest absolute Gasteiger partial charge is 0.391 e. The second-order valence-electron chi connectivity index (χ2n) is 11.3. The molecule has 2 aromatic carbocycles. The van der Waals surface area contributed by atoms with Gasteiger partial charge in [-0.15, -0.1) is 0 Å². The van der Waals surface area contributed by atoms with Crippen molar-refractivity contribution < 1.29 is 9.76 Å². The molecule has 4 bridgehead atoms. The van der Waals surface area contributed by atoms with E-state index in [1.807, 2.05) is 0 Å². The molecule has 6 nitrogen and oxygen atoms in total. The molecule has 0 spiro atoms. The first-order valence-electron chi connectivity index (χ1n) is 13.1. The predicted octanol–water partition coefficient (Wildman–Crippen LogP) is 7.02. The Hall–Kier alpha value is -3.41. The Morgan fingerprint density at radius 2 is 1.69 bits per heavy atom. The molecule has 0 amide bonds. The van der Waals surface area contributed by atoms with Crippen LogP contribution in [0.25, 0.3) is 5.69 Å². The van der Waals surface area contributed by atoms with Gasteiger partial charge in [-0.1, -0.05) is 29.4 Å². The Balaban J connectivity index is 1.16. The van der Waals surface area contributed by atoms with Gasteiger partial charge in [0.2, 0.25) is 0 Å². The highest BCUT2D eigenvalue weighted by molar-refractivity contribution is 5.81. The monoisotopic (exact) mass is 483 g/mol. The Kier molecular flexibility index (Phi) is 5.70. The average Bonchev–Trinajstić information content (AvgIpc) is 3.14. The number of benzene rings is 2. The standard InChI is InChI=1S/C30H33N3O3/c1-20-10-26(18-31-36-19-22-4-3-5-29(14-22)33(34)35)21(2)32(20)28-8-6-27(7-9-28)30-15-23-11-24(16-30)13-25(12-23)17-30/h3-10,14,18,23-25H,11-13,15-17,19H2,1-2H3/b31-18-. The number of aryl methyl sites for hydroxylation is 1. The fourth-order valence-corrected chi connectivity index (χ4v) is 7.71. The molecule has 4 fully saturated rings. The van der Waals surface area contributed by atoms with Crippen molar-refractivity contribution in [2.75, 3.05) is 0 Å². The van der Waals surface area contributed by atoms with E-state index >= 15 is 0 Å². The van der Waals surface area contributed by atoms with Crippen LogP contribution >= 0.6 is 0 Å². The minimum absolute atomic E-state index is 0.0536. The van der Waals surface area contributed by atoms with Crippen LogP contribution in [-0.2, 0) is 16.9 Å². The zero-order chi connectivity index (χ0) is 24.9. The van der Waals surface area contributed by atoms with Crippen LogP contribution in [0.5, 0.6) is 0 Å². The fraction of sp³-hybridized carbons (Fsp3) is 0.433. The Morgan fingerprint density at radius 3 is 2.33 bits per heavy atom. The van der Waals surface area contributed by atoms with Gasteiger partial charge in [0.25, 0.3) is 5.69 Å². The zero-order valence-corrected chi connectivity index (χ0v) is 21.0. The normalized spacial score (nSPS) is 26.6. The van der Waals surface area contributed by atoms with Gasteiger partial charge in [-0.25, -0.2) is 0 Å². The average molecular weight is 484 g/mol. The first-order valence-corrected chi connectivity index (χ1v) is 13.1. The quantitative estimate of drug-likeness (QED) is 0.206. The highest BCUT2D eigenvalue weighted by Gasteiger charge is 2.51. The summed E-state index contributed by atoms with van der Waals surface area (Å²) in [7, 11) is 0. The number of rotatable bonds is 7. The van der Waals surface area contributed by atoms with Crippen LogP contribution in [0.15, 0.2) is 59.8 Å². The third-order valence-corrected chi connectivity index (χ3v) is 8.87. The SMILES string of the molecule is Cc1cc(/C=N\OCc2cccc([N+](=O)[O-])c2)c(C)n1-c1ccc(C23CC4CC(CC(C4)C2)C3)cc1. The summed E-state index contributed by atoms with van der Waals surface area (Å²) < 4.78 is 2.27. The molecule has 6 heteroatoms. The lowest BCUT2D eigenvalue weighted by Gasteiger charge is -2.57. The summed E-state index contributed by atoms with van der Waals surface area (Å²) in [6, 6.07) is 17.9. The van der Waals surface area contributed by atoms with E-state index in [1.54, 1.807) is 23.9 Å². The van der Waals surface area contributed by atoms with Crippen LogP contribution in [0.1, 0.15) is 66.6 Å². The Bertz CT molecular complexity index is 1290. The molecule has 1 aromatic heterocycles. The molecule has 3 aromatic rings. The molecule has 0 N–H and O–H groups in total. The van der Waals surface area contributed by atoms with E-state index in [-0.39, 0.29) is 12.3 Å². The lowest BCUT2D eigenvalue weighted by Crippen LogP contribution is -2.48. The van der Waals surface area contributed by atoms with Crippen molar-refractivity contribution >= 4 is 11.9 Å². The second-order valence-corrected chi connectivity index (χ2v) is 11.3. The van der Waals surface area contributed by atoms with Crippen molar-refractivity contribution in [3.05, 3.63) is 92.8 Å². The molecule has 4 aliphatic carbocycles. The fourth-order valence-electron chi connectivity index (χ4n) is 7.71. The number of aromatic nitrogens is 1. The van der Waals surface area contributed by atoms with Gasteiger partial charge in [-0.05, 0) is 105 Å². The van der Waals surface area contributed by atoms with Crippen molar-refractivity contribution in [2.24, 2.45) is 22.9 Å². The molecule has 1 heterocycles. The number of nitrogens with zero attached hydrogens (tertiary/aromatic N) is 3. The Morgan fingerprint density at radius 1 is 1.03 bits per heavy atom. The van der Waals surface area contributed by atoms with Gasteiger partial charge in [0, 0.05) is 34.8 Å². The van der Waals surface area contributed by atoms with Gasteiger partial charge >= 0.3 is 0 Å². The molecular formula is C30H33N3O3. The number of nitro benzene ring substituents is 1. The van der Waals surface area contributed by atoms with E-state index in [0.29, 0.717) is 11.0 Å². The van der Waals surface area contributed by atoms with E-state index in [4.69, 9.17) is 4.84 Å². The Labute approximate surface area is 212 Å². The summed E-state index contributed by atoms with van der Waals surface area (Å²) in [5, 5.41) is 15.1. The van der Waals surface area contributed by atoms with Crippen molar-refractivity contribution in [3.8, 4) is 5.69 Å². The molecule has 7 rings (SSSR count). The van der Waals surface area contributed by atoms with Gasteiger partial charge in [0.15, 0.2) is 0 Å². The van der Waals surface area contributed by atoms with E-state index in [9.17, 15) is 10.1 Å². The number of nitro groups is 1. The van der Waals surface area contributed by atoms with Crippen molar-refractivity contribution in [1.29, 1.82) is 0 Å². The van der Waals surface area contributed by atoms with E-state index in [2.05, 4.69) is 53.9 Å².